The number of aromatic nitrogens is 2. The van der Waals surface area contributed by atoms with Crippen LogP contribution in [-0.2, 0) is 0 Å². The van der Waals surface area contributed by atoms with Gasteiger partial charge >= 0.3 is 5.97 Å². The van der Waals surface area contributed by atoms with Gasteiger partial charge in [-0.3, -0.25) is 4.98 Å². The number of pyridine rings is 2. The first-order valence-electron chi connectivity index (χ1n) is 7.98. The van der Waals surface area contributed by atoms with E-state index in [9.17, 15) is 9.90 Å². The minimum atomic E-state index is -2.81. The molecule has 0 aliphatic heterocycles. The molecule has 0 unspecified atom stereocenters. The lowest BCUT2D eigenvalue weighted by molar-refractivity contribution is 0.0697. The zero-order valence-corrected chi connectivity index (χ0v) is 10.1. The van der Waals surface area contributed by atoms with Crippen LogP contribution in [0.3, 0.4) is 0 Å². The summed E-state index contributed by atoms with van der Waals surface area (Å²) in [6.45, 7) is -2.65. The Hall–Kier alpha value is -2.14. The van der Waals surface area contributed by atoms with Crippen LogP contribution in [-0.4, -0.2) is 28.1 Å². The van der Waals surface area contributed by atoms with E-state index in [1.807, 2.05) is 0 Å². The molecular weight excluding hydrogens is 268 g/mol. The molecule has 0 spiro atoms. The monoisotopic (exact) mass is 284 g/mol. The number of carbonyl (C=O) groups is 1. The lowest BCUT2D eigenvalue weighted by Gasteiger charge is -2.12. The maximum atomic E-state index is 11.5. The molecule has 19 heavy (non-hydrogen) atoms. The van der Waals surface area contributed by atoms with E-state index in [0.29, 0.717) is 0 Å². The average molecular weight is 285 g/mol. The third-order valence-corrected chi connectivity index (χ3v) is 2.65. The summed E-state index contributed by atoms with van der Waals surface area (Å²) in [7, 11) is -2.81. The van der Waals surface area contributed by atoms with Gasteiger partial charge in [-0.2, -0.15) is 0 Å². The fourth-order valence-electron chi connectivity index (χ4n) is 1.61. The van der Waals surface area contributed by atoms with Crippen molar-refractivity contribution in [1.82, 2.24) is 9.97 Å². The van der Waals surface area contributed by atoms with E-state index in [-0.39, 0.29) is 16.9 Å². The van der Waals surface area contributed by atoms with Gasteiger partial charge in [0.25, 0.3) is 0 Å². The fraction of sp³-hybridized carbons (Fsp3) is 0.154. The van der Waals surface area contributed by atoms with Crippen molar-refractivity contribution < 1.29 is 22.9 Å². The van der Waals surface area contributed by atoms with Gasteiger partial charge in [-0.05, 0) is 19.0 Å². The molecule has 0 atom stereocenters. The number of carboxylic acids is 1. The van der Waals surface area contributed by atoms with E-state index in [0.717, 1.165) is 12.3 Å². The normalized spacial score (nSPS) is 16.3. The smallest absolute Gasteiger partial charge is 0.339 e. The first-order valence-corrected chi connectivity index (χ1v) is 5.35. The highest BCUT2D eigenvalue weighted by atomic mass is 35.5. The number of ether oxygens (including phenoxy) is 1. The second-order valence-electron chi connectivity index (χ2n) is 3.50. The largest absolute Gasteiger partial charge is 0.494 e. The highest BCUT2D eigenvalue weighted by molar-refractivity contribution is 6.33. The lowest BCUT2D eigenvalue weighted by atomic mass is 10.0. The molecular formula is C13H11ClN2O3. The Balaban J connectivity index is 2.78. The lowest BCUT2D eigenvalue weighted by Crippen LogP contribution is -2.04. The van der Waals surface area contributed by atoms with Crippen molar-refractivity contribution in [3.05, 3.63) is 40.9 Å². The molecule has 2 rings (SSSR count). The van der Waals surface area contributed by atoms with Crippen LogP contribution < -0.4 is 4.74 Å². The van der Waals surface area contributed by atoms with Crippen LogP contribution in [0.25, 0.3) is 11.1 Å². The van der Waals surface area contributed by atoms with Crippen LogP contribution in [0.4, 0.5) is 0 Å². The van der Waals surface area contributed by atoms with Crippen molar-refractivity contribution in [3.63, 3.8) is 0 Å². The molecule has 0 amide bonds. The topological polar surface area (TPSA) is 72.3 Å². The van der Waals surface area contributed by atoms with Crippen molar-refractivity contribution in [2.75, 3.05) is 7.04 Å². The van der Waals surface area contributed by atoms with Gasteiger partial charge in [-0.25, -0.2) is 9.78 Å². The van der Waals surface area contributed by atoms with E-state index < -0.39 is 36.3 Å². The molecule has 0 bridgehead atoms. The number of nitrogens with zero attached hydrogens (tertiary/aromatic N) is 2. The second-order valence-corrected chi connectivity index (χ2v) is 3.86. The Morgan fingerprint density at radius 1 is 1.53 bits per heavy atom. The summed E-state index contributed by atoms with van der Waals surface area (Å²) in [6, 6.07) is 2.31. The van der Waals surface area contributed by atoms with Gasteiger partial charge in [-0.1, -0.05) is 11.6 Å². The summed E-state index contributed by atoms with van der Waals surface area (Å²) in [5, 5.41) is 8.86. The van der Waals surface area contributed by atoms with Crippen molar-refractivity contribution in [3.8, 4) is 16.9 Å². The number of hydrogen-bond acceptors (Lipinski definition) is 4. The number of carboxylic acid groups (broad SMARTS) is 1. The quantitative estimate of drug-likeness (QED) is 0.878. The Bertz CT molecular complexity index is 822. The molecule has 5 nitrogen and oxygen atoms in total. The molecule has 2 heterocycles. The first-order chi connectivity index (χ1) is 11.4. The number of aryl methyl sites for hydroxylation is 1. The highest BCUT2D eigenvalue weighted by Gasteiger charge is 2.20. The summed E-state index contributed by atoms with van der Waals surface area (Å²) in [6.07, 6.45) is 2.35. The first kappa shape index (κ1) is 7.45. The van der Waals surface area contributed by atoms with Crippen LogP contribution >= 0.6 is 11.6 Å². The number of rotatable bonds is 3. The molecule has 0 aliphatic rings. The molecule has 2 aromatic heterocycles. The van der Waals surface area contributed by atoms with Crippen molar-refractivity contribution in [1.29, 1.82) is 0 Å². The van der Waals surface area contributed by atoms with Gasteiger partial charge in [-0.15, -0.1) is 0 Å². The predicted molar refractivity (Wildman–Crippen MR) is 70.7 cm³/mol. The molecule has 98 valence electrons. The maximum Gasteiger partial charge on any atom is 0.339 e. The summed E-state index contributed by atoms with van der Waals surface area (Å²) < 4.78 is 48.7. The predicted octanol–water partition coefficient (Wildman–Crippen LogP) is 2.81. The van der Waals surface area contributed by atoms with Gasteiger partial charge in [0.15, 0.2) is 0 Å². The van der Waals surface area contributed by atoms with Crippen molar-refractivity contribution in [2.24, 2.45) is 0 Å². The van der Waals surface area contributed by atoms with Gasteiger partial charge in [0.05, 0.1) is 17.3 Å². The zero-order valence-electron chi connectivity index (χ0n) is 15.3. The second kappa shape index (κ2) is 5.24. The van der Waals surface area contributed by atoms with E-state index in [2.05, 4.69) is 9.97 Å². The summed E-state index contributed by atoms with van der Waals surface area (Å²) >= 11 is 5.86. The van der Waals surface area contributed by atoms with Crippen LogP contribution in [0, 0.1) is 6.85 Å². The molecule has 1 N–H and O–H groups in total. The summed E-state index contributed by atoms with van der Waals surface area (Å²) in [4.78, 5) is 18.9. The van der Waals surface area contributed by atoms with Gasteiger partial charge in [0, 0.05) is 27.1 Å². The molecule has 2 aromatic rings. The van der Waals surface area contributed by atoms with Crippen LogP contribution in [0.2, 0.25) is 5.15 Å². The molecule has 0 aliphatic carbocycles. The Kier molecular flexibility index (Phi) is 2.05. The summed E-state index contributed by atoms with van der Waals surface area (Å²) in [5.41, 5.74) is -1.04. The maximum absolute atomic E-state index is 11.5. The van der Waals surface area contributed by atoms with Crippen LogP contribution in [0.5, 0.6) is 5.75 Å². The van der Waals surface area contributed by atoms with E-state index in [4.69, 9.17) is 24.6 Å². The number of halogens is 1. The number of aromatic carboxylic acids is 1. The number of methoxy groups -OCH3 is 1. The Morgan fingerprint density at radius 3 is 3.05 bits per heavy atom. The minimum Gasteiger partial charge on any atom is -0.494 e. The van der Waals surface area contributed by atoms with Crippen LogP contribution in [0.15, 0.2) is 24.5 Å². The Labute approximate surface area is 123 Å². The average Bonchev–Trinajstić information content (AvgIpc) is 2.43. The molecule has 6 heteroatoms. The summed E-state index contributed by atoms with van der Waals surface area (Å²) in [5.74, 6) is -1.70. The van der Waals surface area contributed by atoms with Crippen LogP contribution in [0.1, 0.15) is 24.3 Å². The third kappa shape index (κ3) is 2.51. The standard InChI is InChI=1S/C13H11ClN2O3/c1-7-5-9(11(13(17)18)12(14)16-7)8-3-4-15-6-10(8)19-2/h3-6H,1-2H3,(H,17,18)/i1D3,2D3. The van der Waals surface area contributed by atoms with E-state index >= 15 is 0 Å². The number of hydrogen-bond donors (Lipinski definition) is 1. The third-order valence-electron chi connectivity index (χ3n) is 2.37. The molecule has 0 saturated carbocycles. The molecule has 0 aromatic carbocycles. The molecule has 0 fully saturated rings. The molecule has 0 saturated heterocycles. The highest BCUT2D eigenvalue weighted by Crippen LogP contribution is 2.34. The van der Waals surface area contributed by atoms with Crippen molar-refractivity contribution >= 4 is 17.6 Å². The minimum absolute atomic E-state index is 0.0123. The zero-order chi connectivity index (χ0) is 19.0. The fourth-order valence-corrected chi connectivity index (χ4v) is 1.89. The van der Waals surface area contributed by atoms with E-state index in [1.165, 1.54) is 12.3 Å². The Morgan fingerprint density at radius 2 is 2.37 bits per heavy atom. The van der Waals surface area contributed by atoms with Gasteiger partial charge in [0.2, 0.25) is 0 Å². The van der Waals surface area contributed by atoms with E-state index in [1.54, 1.807) is 0 Å². The van der Waals surface area contributed by atoms with Crippen molar-refractivity contribution in [2.45, 2.75) is 6.85 Å². The van der Waals surface area contributed by atoms with Gasteiger partial charge < -0.3 is 9.84 Å². The molecule has 0 radical (unpaired) electrons. The SMILES string of the molecule is [2H]C([2H])([2H])Oc1cnccc1-c1cc(C([2H])([2H])[2H])nc(Cl)c1C(=O)O. The van der Waals surface area contributed by atoms with Gasteiger partial charge in [0.1, 0.15) is 16.5 Å².